The maximum Gasteiger partial charge on any atom is 0.420 e. The first kappa shape index (κ1) is 16.9. The highest BCUT2D eigenvalue weighted by atomic mass is 32.1. The number of aryl methyl sites for hydroxylation is 2. The van der Waals surface area contributed by atoms with Gasteiger partial charge >= 0.3 is 11.7 Å². The smallest absolute Gasteiger partial charge is 0.420 e. The highest BCUT2D eigenvalue weighted by Crippen LogP contribution is 2.34. The quantitative estimate of drug-likeness (QED) is 0.529. The second-order valence-electron chi connectivity index (χ2n) is 6.63. The Balaban J connectivity index is 1.35. The van der Waals surface area contributed by atoms with Crippen molar-refractivity contribution < 1.29 is 13.9 Å². The van der Waals surface area contributed by atoms with Crippen LogP contribution in [0.2, 0.25) is 0 Å². The van der Waals surface area contributed by atoms with Crippen LogP contribution in [0.5, 0.6) is 0 Å². The average Bonchev–Trinajstić information content (AvgIpc) is 3.33. The Morgan fingerprint density at radius 1 is 1.29 bits per heavy atom. The number of benzene rings is 1. The second-order valence-corrected chi connectivity index (χ2v) is 7.72. The van der Waals surface area contributed by atoms with Gasteiger partial charge < -0.3 is 14.1 Å². The van der Waals surface area contributed by atoms with Crippen LogP contribution >= 0.6 is 11.3 Å². The molecule has 0 fully saturated rings. The predicted molar refractivity (Wildman–Crippen MR) is 103 cm³/mol. The van der Waals surface area contributed by atoms with Crippen LogP contribution in [0.25, 0.3) is 21.3 Å². The fourth-order valence-corrected chi connectivity index (χ4v) is 4.88. The van der Waals surface area contributed by atoms with Gasteiger partial charge in [0, 0.05) is 4.88 Å². The molecular weight excluding hydrogens is 382 g/mol. The van der Waals surface area contributed by atoms with E-state index in [0.717, 1.165) is 24.8 Å². The Labute approximate surface area is 161 Å². The van der Waals surface area contributed by atoms with Crippen LogP contribution in [-0.4, -0.2) is 20.5 Å². The van der Waals surface area contributed by atoms with Crippen LogP contribution in [0.1, 0.15) is 22.7 Å². The molecule has 142 valence electrons. The molecule has 0 radical (unpaired) electrons. The maximum atomic E-state index is 12.4. The third-order valence-corrected chi connectivity index (χ3v) is 6.04. The first-order chi connectivity index (χ1) is 13.6. The summed E-state index contributed by atoms with van der Waals surface area (Å²) in [5, 5.41) is 0.656. The van der Waals surface area contributed by atoms with E-state index in [0.29, 0.717) is 21.3 Å². The van der Waals surface area contributed by atoms with Gasteiger partial charge in [-0.3, -0.25) is 14.2 Å². The van der Waals surface area contributed by atoms with Gasteiger partial charge in [0.25, 0.3) is 5.56 Å². The summed E-state index contributed by atoms with van der Waals surface area (Å²) in [4.78, 5) is 45.6. The standard InChI is InChI=1S/C19H15N3O5S/c23-15(8-22-11-5-1-2-6-12(11)27-19(22)25)26-9-14-20-17(24)16-10-4-3-7-13(10)28-18(16)21-14/h1-2,5-6H,3-4,7-9H2,(H,20,21,24). The molecule has 5 rings (SSSR count). The van der Waals surface area contributed by atoms with Crippen LogP contribution in [0, 0.1) is 0 Å². The summed E-state index contributed by atoms with van der Waals surface area (Å²) in [5.74, 6) is -0.959. The largest absolute Gasteiger partial charge is 0.456 e. The van der Waals surface area contributed by atoms with Crippen molar-refractivity contribution in [3.8, 4) is 0 Å². The number of carbonyl (C=O) groups excluding carboxylic acids is 1. The normalized spacial score (nSPS) is 13.3. The zero-order chi connectivity index (χ0) is 19.3. The number of carbonyl (C=O) groups is 1. The Bertz CT molecular complexity index is 1340. The minimum Gasteiger partial charge on any atom is -0.456 e. The number of thiophene rings is 1. The van der Waals surface area contributed by atoms with E-state index in [2.05, 4.69) is 9.97 Å². The molecule has 3 aromatic heterocycles. The Hall–Kier alpha value is -3.20. The van der Waals surface area contributed by atoms with Gasteiger partial charge in [-0.2, -0.15) is 0 Å². The lowest BCUT2D eigenvalue weighted by molar-refractivity contribution is -0.145. The van der Waals surface area contributed by atoms with Gasteiger partial charge in [0.15, 0.2) is 5.58 Å². The molecule has 28 heavy (non-hydrogen) atoms. The lowest BCUT2D eigenvalue weighted by Crippen LogP contribution is -2.22. The van der Waals surface area contributed by atoms with Gasteiger partial charge in [0.2, 0.25) is 0 Å². The molecule has 9 heteroatoms. The van der Waals surface area contributed by atoms with E-state index in [4.69, 9.17) is 9.15 Å². The summed E-state index contributed by atoms with van der Waals surface area (Å²) in [7, 11) is 0. The summed E-state index contributed by atoms with van der Waals surface area (Å²) < 4.78 is 11.5. The number of rotatable bonds is 4. The summed E-state index contributed by atoms with van der Waals surface area (Å²) in [6.07, 6.45) is 2.95. The number of para-hydroxylation sites is 2. The molecule has 0 saturated carbocycles. The highest BCUT2D eigenvalue weighted by molar-refractivity contribution is 7.18. The molecule has 0 unspecified atom stereocenters. The molecule has 1 N–H and O–H groups in total. The molecule has 1 aliphatic carbocycles. The van der Waals surface area contributed by atoms with Crippen LogP contribution in [0.3, 0.4) is 0 Å². The lowest BCUT2D eigenvalue weighted by Gasteiger charge is -2.05. The topological polar surface area (TPSA) is 107 Å². The molecule has 0 bridgehead atoms. The highest BCUT2D eigenvalue weighted by Gasteiger charge is 2.21. The van der Waals surface area contributed by atoms with E-state index in [9.17, 15) is 14.4 Å². The summed E-state index contributed by atoms with van der Waals surface area (Å²) in [6.45, 7) is -0.452. The minimum atomic E-state index is -0.626. The van der Waals surface area contributed by atoms with Gasteiger partial charge in [0.1, 0.15) is 23.8 Å². The van der Waals surface area contributed by atoms with Crippen LogP contribution in [0.4, 0.5) is 0 Å². The van der Waals surface area contributed by atoms with Crippen molar-refractivity contribution in [1.29, 1.82) is 0 Å². The number of H-pyrrole nitrogens is 1. The predicted octanol–water partition coefficient (Wildman–Crippen LogP) is 2.12. The van der Waals surface area contributed by atoms with E-state index in [1.54, 1.807) is 24.3 Å². The second kappa shape index (κ2) is 6.45. The molecule has 0 aliphatic heterocycles. The molecule has 3 heterocycles. The molecule has 0 spiro atoms. The fourth-order valence-electron chi connectivity index (χ4n) is 3.60. The SMILES string of the molecule is O=C(Cn1c(=O)oc2ccccc21)OCc1nc2sc3c(c2c(=O)[nH]1)CCC3. The number of hydrogen-bond donors (Lipinski definition) is 1. The van der Waals surface area contributed by atoms with E-state index in [-0.39, 0.29) is 24.5 Å². The Morgan fingerprint density at radius 2 is 2.14 bits per heavy atom. The lowest BCUT2D eigenvalue weighted by atomic mass is 10.2. The number of hydrogen-bond acceptors (Lipinski definition) is 7. The molecule has 4 aromatic rings. The molecule has 0 atom stereocenters. The fraction of sp³-hybridized carbons (Fsp3) is 0.263. The molecule has 8 nitrogen and oxygen atoms in total. The van der Waals surface area contributed by atoms with Crippen molar-refractivity contribution in [1.82, 2.24) is 14.5 Å². The number of oxazole rings is 1. The number of nitrogens with zero attached hydrogens (tertiary/aromatic N) is 2. The van der Waals surface area contributed by atoms with E-state index < -0.39 is 11.7 Å². The van der Waals surface area contributed by atoms with Crippen molar-refractivity contribution >= 4 is 38.6 Å². The third kappa shape index (κ3) is 2.75. The molecule has 0 amide bonds. The monoisotopic (exact) mass is 397 g/mol. The first-order valence-electron chi connectivity index (χ1n) is 8.87. The molecule has 1 aliphatic rings. The molecular formula is C19H15N3O5S. The van der Waals surface area contributed by atoms with Crippen LogP contribution < -0.4 is 11.3 Å². The van der Waals surface area contributed by atoms with Gasteiger partial charge in [0.05, 0.1) is 10.9 Å². The summed E-state index contributed by atoms with van der Waals surface area (Å²) >= 11 is 1.53. The van der Waals surface area contributed by atoms with E-state index in [1.807, 2.05) is 0 Å². The number of fused-ring (bicyclic) bond motifs is 4. The number of esters is 1. The number of aromatic amines is 1. The maximum absolute atomic E-state index is 12.4. The van der Waals surface area contributed by atoms with Crippen molar-refractivity contribution in [2.75, 3.05) is 0 Å². The van der Waals surface area contributed by atoms with Crippen molar-refractivity contribution in [3.63, 3.8) is 0 Å². The van der Waals surface area contributed by atoms with Gasteiger partial charge in [-0.05, 0) is 37.0 Å². The van der Waals surface area contributed by atoms with Crippen LogP contribution in [-0.2, 0) is 35.5 Å². The van der Waals surface area contributed by atoms with Crippen LogP contribution in [0.15, 0.2) is 38.3 Å². The Morgan fingerprint density at radius 3 is 3.04 bits per heavy atom. The van der Waals surface area contributed by atoms with Crippen molar-refractivity contribution in [2.24, 2.45) is 0 Å². The Kier molecular flexibility index (Phi) is 3.90. The zero-order valence-electron chi connectivity index (χ0n) is 14.7. The summed E-state index contributed by atoms with van der Waals surface area (Å²) in [5.41, 5.74) is 1.82. The van der Waals surface area contributed by atoms with E-state index in [1.165, 1.54) is 20.8 Å². The summed E-state index contributed by atoms with van der Waals surface area (Å²) in [6, 6.07) is 6.84. The number of aromatic nitrogens is 3. The van der Waals surface area contributed by atoms with E-state index >= 15 is 0 Å². The van der Waals surface area contributed by atoms with Gasteiger partial charge in [-0.1, -0.05) is 12.1 Å². The first-order valence-corrected chi connectivity index (χ1v) is 9.69. The average molecular weight is 397 g/mol. The third-order valence-electron chi connectivity index (χ3n) is 4.85. The van der Waals surface area contributed by atoms with Crippen molar-refractivity contribution in [3.05, 3.63) is 61.4 Å². The molecule has 1 aromatic carbocycles. The van der Waals surface area contributed by atoms with Crippen molar-refractivity contribution in [2.45, 2.75) is 32.4 Å². The molecule has 0 saturated heterocycles. The number of nitrogens with one attached hydrogen (secondary N) is 1. The minimum absolute atomic E-state index is 0.170. The van der Waals surface area contributed by atoms with Gasteiger partial charge in [-0.15, -0.1) is 11.3 Å². The van der Waals surface area contributed by atoms with Gasteiger partial charge in [-0.25, -0.2) is 9.78 Å². The number of ether oxygens (including phenoxy) is 1. The zero-order valence-corrected chi connectivity index (χ0v) is 15.5.